The number of aromatic nitrogens is 1. The van der Waals surface area contributed by atoms with E-state index >= 15 is 0 Å². The van der Waals surface area contributed by atoms with Crippen molar-refractivity contribution in [2.45, 2.75) is 34.1 Å². The van der Waals surface area contributed by atoms with Crippen molar-refractivity contribution in [3.05, 3.63) is 64.6 Å². The van der Waals surface area contributed by atoms with Crippen LogP contribution < -0.4 is 15.0 Å². The molecule has 1 aromatic heterocycles. The zero-order chi connectivity index (χ0) is 26.1. The molecule has 2 aromatic rings. The van der Waals surface area contributed by atoms with Crippen LogP contribution in [-0.4, -0.2) is 61.4 Å². The Kier molecular flexibility index (Phi) is 12.2. The van der Waals surface area contributed by atoms with Crippen molar-refractivity contribution < 1.29 is 47.3 Å². The first-order valence-electron chi connectivity index (χ1n) is 11.9. The van der Waals surface area contributed by atoms with Gasteiger partial charge in [-0.1, -0.05) is 12.2 Å². The van der Waals surface area contributed by atoms with E-state index in [1.165, 1.54) is 5.92 Å². The minimum atomic E-state index is -0.947. The number of piperidine rings is 1. The Balaban J connectivity index is 0.000000898. The summed E-state index contributed by atoms with van der Waals surface area (Å²) in [6.07, 6.45) is 4.39. The molecule has 0 atom stereocenters. The summed E-state index contributed by atoms with van der Waals surface area (Å²) in [5.74, 6) is 1.06. The van der Waals surface area contributed by atoms with E-state index in [-0.39, 0.29) is 38.3 Å². The standard InChI is InChI=1S/C23H25N6O3.C4H9.Y/c1-15-20(12-26-22-21(15)25-8-10-32-22)29-9-7-17(11-24-2)19(13-29)28-14-27-18-5-3-16(4-6-18)23(30)31;1-4(2)3;/h3-6,11-12,27H,2,7-10,13-14H2,1H3,(H,30,31);1-3H3;/q2*-1;/b17-11-,28-19-;;. The summed E-state index contributed by atoms with van der Waals surface area (Å²) in [5.41, 5.74) is 5.93. The van der Waals surface area contributed by atoms with Crippen LogP contribution in [0.1, 0.15) is 43.1 Å². The number of carboxylic acid groups (broad SMARTS) is 1. The molecule has 1 fully saturated rings. The van der Waals surface area contributed by atoms with E-state index in [1.807, 2.05) is 13.1 Å². The largest absolute Gasteiger partial charge is 0.677 e. The van der Waals surface area contributed by atoms with Gasteiger partial charge in [0.05, 0.1) is 36.3 Å². The zero-order valence-corrected chi connectivity index (χ0v) is 24.8. The minimum absolute atomic E-state index is 0. The molecule has 10 heteroatoms. The van der Waals surface area contributed by atoms with Crippen LogP contribution in [0.3, 0.4) is 0 Å². The Bertz CT molecular complexity index is 1130. The third-order valence-corrected chi connectivity index (χ3v) is 5.48. The number of carboxylic acids is 1. The van der Waals surface area contributed by atoms with Crippen LogP contribution in [0, 0.1) is 12.8 Å². The van der Waals surface area contributed by atoms with E-state index < -0.39 is 5.97 Å². The molecule has 1 saturated heterocycles. The van der Waals surface area contributed by atoms with Crippen LogP contribution in [0.5, 0.6) is 5.88 Å². The molecule has 37 heavy (non-hydrogen) atoms. The molecule has 2 N–H and O–H groups in total. The van der Waals surface area contributed by atoms with Gasteiger partial charge in [0.25, 0.3) is 0 Å². The number of anilines is 2. The molecule has 2 aliphatic rings. The molecule has 2 aliphatic heterocycles. The summed E-state index contributed by atoms with van der Waals surface area (Å²) in [6.45, 7) is 14.9. The molecule has 9 nitrogen and oxygen atoms in total. The smallest absolute Gasteiger partial charge is 0.335 e. The first-order valence-corrected chi connectivity index (χ1v) is 11.9. The molecule has 0 aliphatic carbocycles. The predicted molar refractivity (Wildman–Crippen MR) is 146 cm³/mol. The quantitative estimate of drug-likeness (QED) is 0.350. The molecule has 0 saturated carbocycles. The average molecular weight is 580 g/mol. The second kappa shape index (κ2) is 14.8. The number of rotatable bonds is 6. The van der Waals surface area contributed by atoms with Crippen LogP contribution in [-0.2, 0) is 32.7 Å². The fourth-order valence-electron chi connectivity index (χ4n) is 3.79. The van der Waals surface area contributed by atoms with Crippen LogP contribution in [0.2, 0.25) is 0 Å². The molecule has 1 radical (unpaired) electrons. The summed E-state index contributed by atoms with van der Waals surface area (Å²) in [6, 6.07) is 6.58. The van der Waals surface area contributed by atoms with E-state index in [0.717, 1.165) is 46.9 Å². The van der Waals surface area contributed by atoms with Crippen LogP contribution in [0.25, 0.3) is 5.32 Å². The molecular formula is C27H34N6O3Y-2. The Hall–Kier alpha value is -2.78. The number of benzene rings is 1. The normalized spacial score (nSPS) is 16.5. The summed E-state index contributed by atoms with van der Waals surface area (Å²) >= 11 is 0. The number of nitrogens with one attached hydrogen (secondary N) is 1. The van der Waals surface area contributed by atoms with Gasteiger partial charge in [-0.25, -0.2) is 9.78 Å². The van der Waals surface area contributed by atoms with Gasteiger partial charge < -0.3 is 31.3 Å². The maximum atomic E-state index is 11.0. The number of aromatic carboxylic acids is 1. The van der Waals surface area contributed by atoms with Gasteiger partial charge in [-0.15, -0.1) is 0 Å². The number of hydrogen-bond acceptors (Lipinski definition) is 7. The zero-order valence-electron chi connectivity index (χ0n) is 22.0. The van der Waals surface area contributed by atoms with Crippen molar-refractivity contribution in [2.75, 3.05) is 43.1 Å². The predicted octanol–water partition coefficient (Wildman–Crippen LogP) is 5.41. The summed E-state index contributed by atoms with van der Waals surface area (Å²) in [7, 11) is 0. The molecule has 0 spiro atoms. The van der Waals surface area contributed by atoms with Crippen molar-refractivity contribution in [3.63, 3.8) is 0 Å². The Morgan fingerprint density at radius 2 is 2.03 bits per heavy atom. The van der Waals surface area contributed by atoms with Crippen molar-refractivity contribution in [1.29, 1.82) is 0 Å². The Morgan fingerprint density at radius 3 is 2.68 bits per heavy atom. The molecule has 0 unspecified atom stereocenters. The fraction of sp³-hybridized carbons (Fsp3) is 0.370. The van der Waals surface area contributed by atoms with Gasteiger partial charge in [0.1, 0.15) is 6.67 Å². The topological polar surface area (TPSA) is 114 Å². The van der Waals surface area contributed by atoms with Crippen molar-refractivity contribution in [2.24, 2.45) is 9.98 Å². The average Bonchev–Trinajstić information content (AvgIpc) is 2.85. The van der Waals surface area contributed by atoms with E-state index in [9.17, 15) is 4.79 Å². The number of nitrogens with zero attached hydrogens (tertiary/aromatic N) is 5. The summed E-state index contributed by atoms with van der Waals surface area (Å²) in [4.78, 5) is 26.4. The number of carbonyl (C=O) groups is 1. The van der Waals surface area contributed by atoms with E-state index in [4.69, 9.17) is 14.8 Å². The molecule has 3 heterocycles. The van der Waals surface area contributed by atoms with Crippen LogP contribution in [0.4, 0.5) is 17.1 Å². The molecule has 0 bridgehead atoms. The van der Waals surface area contributed by atoms with E-state index in [0.29, 0.717) is 32.2 Å². The number of pyridine rings is 1. The van der Waals surface area contributed by atoms with Gasteiger partial charge in [0.2, 0.25) is 0 Å². The monoisotopic (exact) mass is 579 g/mol. The molecule has 1 aromatic carbocycles. The van der Waals surface area contributed by atoms with Crippen molar-refractivity contribution >= 4 is 35.5 Å². The second-order valence-electron chi connectivity index (χ2n) is 8.98. The van der Waals surface area contributed by atoms with Gasteiger partial charge in [-0.2, -0.15) is 20.8 Å². The number of aliphatic imine (C=N–C) groups is 2. The van der Waals surface area contributed by atoms with E-state index in [1.54, 1.807) is 30.5 Å². The third kappa shape index (κ3) is 8.64. The first-order chi connectivity index (χ1) is 17.3. The Labute approximate surface area is 244 Å². The van der Waals surface area contributed by atoms with Gasteiger partial charge in [-0.05, 0) is 55.5 Å². The van der Waals surface area contributed by atoms with E-state index in [2.05, 4.69) is 53.0 Å². The van der Waals surface area contributed by atoms with Crippen LogP contribution in [0.15, 0.2) is 52.2 Å². The number of fused-ring (bicyclic) bond motifs is 1. The minimum Gasteiger partial charge on any atom is -0.677 e. The fourth-order valence-corrected chi connectivity index (χ4v) is 3.79. The summed E-state index contributed by atoms with van der Waals surface area (Å²) in [5, 5.41) is 16.8. The third-order valence-electron chi connectivity index (χ3n) is 5.48. The maximum absolute atomic E-state index is 11.0. The van der Waals surface area contributed by atoms with Gasteiger partial charge >= 0.3 is 5.97 Å². The maximum Gasteiger partial charge on any atom is 0.335 e. The SMILES string of the molecule is C=N/C=C1/CCN(c2cnc3c(c2C)[N-]CCO3)C/C1=N/CNc1ccc(C(=O)O)cc1.C[C-](C)C.[Y]. The van der Waals surface area contributed by atoms with Crippen LogP contribution >= 0.6 is 0 Å². The molecule has 0 amide bonds. The van der Waals surface area contributed by atoms with Gasteiger partial charge in [0.15, 0.2) is 5.88 Å². The molecule has 195 valence electrons. The number of hydrogen-bond donors (Lipinski definition) is 2. The van der Waals surface area contributed by atoms with Gasteiger partial charge in [-0.3, -0.25) is 9.98 Å². The molecular weight excluding hydrogens is 545 g/mol. The second-order valence-corrected chi connectivity index (χ2v) is 8.98. The molecule has 4 rings (SSSR count). The van der Waals surface area contributed by atoms with Gasteiger partial charge in [0, 0.05) is 51.1 Å². The Morgan fingerprint density at radius 1 is 1.32 bits per heavy atom. The summed E-state index contributed by atoms with van der Waals surface area (Å²) < 4.78 is 5.62. The van der Waals surface area contributed by atoms with Crippen molar-refractivity contribution in [1.82, 2.24) is 4.98 Å². The first kappa shape index (κ1) is 30.4. The number of ether oxygens (including phenoxy) is 1. The van der Waals surface area contributed by atoms with Crippen molar-refractivity contribution in [3.8, 4) is 5.88 Å².